The van der Waals surface area contributed by atoms with Crippen molar-refractivity contribution in [1.82, 2.24) is 15.3 Å². The van der Waals surface area contributed by atoms with E-state index in [1.54, 1.807) is 6.20 Å². The molecule has 2 N–H and O–H groups in total. The summed E-state index contributed by atoms with van der Waals surface area (Å²) < 4.78 is 0. The van der Waals surface area contributed by atoms with Crippen LogP contribution in [0.2, 0.25) is 0 Å². The van der Waals surface area contributed by atoms with Crippen LogP contribution in [-0.2, 0) is 6.42 Å². The molecule has 2 aromatic rings. The smallest absolute Gasteiger partial charge is 0.271 e. The molecule has 1 aromatic heterocycles. The lowest BCUT2D eigenvalue weighted by atomic mass is 10.1. The van der Waals surface area contributed by atoms with Crippen LogP contribution in [0.25, 0.3) is 0 Å². The Morgan fingerprint density at radius 3 is 2.38 bits per heavy atom. The van der Waals surface area contributed by atoms with Gasteiger partial charge in [0.05, 0.1) is 12.4 Å². The second-order valence-corrected chi connectivity index (χ2v) is 5.09. The van der Waals surface area contributed by atoms with Gasteiger partial charge in [0.15, 0.2) is 0 Å². The molecule has 5 nitrogen and oxygen atoms in total. The zero-order chi connectivity index (χ0) is 15.2. The predicted molar refractivity (Wildman–Crippen MR) is 83.7 cm³/mol. The zero-order valence-corrected chi connectivity index (χ0v) is 12.6. The van der Waals surface area contributed by atoms with Crippen LogP contribution in [0.5, 0.6) is 0 Å². The molecule has 1 aromatic carbocycles. The number of carbonyl (C=O) groups excluding carboxylic acids is 1. The van der Waals surface area contributed by atoms with Gasteiger partial charge in [-0.1, -0.05) is 19.1 Å². The van der Waals surface area contributed by atoms with Gasteiger partial charge in [-0.3, -0.25) is 4.79 Å². The van der Waals surface area contributed by atoms with Crippen LogP contribution in [0.3, 0.4) is 0 Å². The Morgan fingerprint density at radius 2 is 1.86 bits per heavy atom. The molecule has 0 aliphatic carbocycles. The van der Waals surface area contributed by atoms with Gasteiger partial charge in [0.2, 0.25) is 0 Å². The largest absolute Gasteiger partial charge is 0.348 e. The Labute approximate surface area is 124 Å². The number of hydrogen-bond acceptors (Lipinski definition) is 4. The molecule has 0 saturated carbocycles. The normalized spacial score (nSPS) is 10.5. The molecule has 0 unspecified atom stereocenters. The first kappa shape index (κ1) is 15.0. The summed E-state index contributed by atoms with van der Waals surface area (Å²) >= 11 is 0. The highest BCUT2D eigenvalue weighted by atomic mass is 16.1. The van der Waals surface area contributed by atoms with Crippen molar-refractivity contribution in [3.05, 3.63) is 47.9 Å². The van der Waals surface area contributed by atoms with Gasteiger partial charge in [-0.05, 0) is 38.0 Å². The number of amides is 1. The van der Waals surface area contributed by atoms with Crippen LogP contribution in [-0.4, -0.2) is 21.9 Å². The first-order valence-corrected chi connectivity index (χ1v) is 7.07. The maximum Gasteiger partial charge on any atom is 0.271 e. The van der Waals surface area contributed by atoms with Gasteiger partial charge in [0, 0.05) is 11.7 Å². The second-order valence-electron chi connectivity index (χ2n) is 5.09. The lowest BCUT2D eigenvalue weighted by Gasteiger charge is -2.09. The monoisotopic (exact) mass is 284 g/mol. The van der Waals surface area contributed by atoms with Crippen molar-refractivity contribution < 1.29 is 4.79 Å². The Hall–Kier alpha value is -2.43. The van der Waals surface area contributed by atoms with E-state index in [0.717, 1.165) is 12.1 Å². The van der Waals surface area contributed by atoms with Gasteiger partial charge < -0.3 is 10.6 Å². The van der Waals surface area contributed by atoms with E-state index in [2.05, 4.69) is 39.7 Å². The van der Waals surface area contributed by atoms with Crippen molar-refractivity contribution in [2.45, 2.75) is 33.2 Å². The summed E-state index contributed by atoms with van der Waals surface area (Å²) in [6.07, 6.45) is 4.04. The molecule has 0 fully saturated rings. The quantitative estimate of drug-likeness (QED) is 0.886. The topological polar surface area (TPSA) is 66.9 Å². The molecule has 1 heterocycles. The van der Waals surface area contributed by atoms with E-state index in [9.17, 15) is 4.79 Å². The highest BCUT2D eigenvalue weighted by Gasteiger charge is 2.08. The van der Waals surface area contributed by atoms with E-state index in [4.69, 9.17) is 0 Å². The van der Waals surface area contributed by atoms with Crippen molar-refractivity contribution in [3.63, 3.8) is 0 Å². The fourth-order valence-corrected chi connectivity index (χ4v) is 1.82. The number of hydrogen-bond donors (Lipinski definition) is 2. The molecule has 0 aliphatic rings. The maximum atomic E-state index is 11.8. The summed E-state index contributed by atoms with van der Waals surface area (Å²) in [5.41, 5.74) is 2.55. The molecule has 0 radical (unpaired) electrons. The van der Waals surface area contributed by atoms with Crippen LogP contribution in [0.15, 0.2) is 36.7 Å². The SMILES string of the molecule is CCc1ccc(Nc2cnc(C(=O)NC(C)C)cn2)cc1. The van der Waals surface area contributed by atoms with Gasteiger partial charge in [-0.2, -0.15) is 0 Å². The standard InChI is InChI=1S/C16H20N4O/c1-4-12-5-7-13(8-6-12)20-15-10-17-14(9-18-15)16(21)19-11(2)3/h5-11H,4H2,1-3H3,(H,18,20)(H,19,21). The number of nitrogens with one attached hydrogen (secondary N) is 2. The van der Waals surface area contributed by atoms with E-state index in [0.29, 0.717) is 11.5 Å². The van der Waals surface area contributed by atoms with Crippen LogP contribution in [0.4, 0.5) is 11.5 Å². The summed E-state index contributed by atoms with van der Waals surface area (Å²) in [5, 5.41) is 5.94. The minimum absolute atomic E-state index is 0.0779. The molecule has 0 saturated heterocycles. The van der Waals surface area contributed by atoms with Gasteiger partial charge in [0.1, 0.15) is 11.5 Å². The minimum Gasteiger partial charge on any atom is -0.348 e. The van der Waals surface area contributed by atoms with E-state index in [-0.39, 0.29) is 11.9 Å². The molecule has 110 valence electrons. The van der Waals surface area contributed by atoms with Crippen molar-refractivity contribution >= 4 is 17.4 Å². The molecular weight excluding hydrogens is 264 g/mol. The fraction of sp³-hybridized carbons (Fsp3) is 0.312. The van der Waals surface area contributed by atoms with E-state index >= 15 is 0 Å². The van der Waals surface area contributed by atoms with E-state index < -0.39 is 0 Å². The van der Waals surface area contributed by atoms with E-state index in [1.807, 2.05) is 26.0 Å². The fourth-order valence-electron chi connectivity index (χ4n) is 1.82. The number of benzene rings is 1. The van der Waals surface area contributed by atoms with Crippen molar-refractivity contribution in [2.24, 2.45) is 0 Å². The molecule has 21 heavy (non-hydrogen) atoms. The summed E-state index contributed by atoms with van der Waals surface area (Å²) in [6, 6.07) is 8.22. The third kappa shape index (κ3) is 4.27. The number of carbonyl (C=O) groups is 1. The average Bonchev–Trinajstić information content (AvgIpc) is 2.48. The van der Waals surface area contributed by atoms with Gasteiger partial charge in [-0.25, -0.2) is 9.97 Å². The molecule has 0 atom stereocenters. The molecule has 0 spiro atoms. The highest BCUT2D eigenvalue weighted by Crippen LogP contribution is 2.14. The van der Waals surface area contributed by atoms with Crippen molar-refractivity contribution in [1.29, 1.82) is 0 Å². The molecular formula is C16H20N4O. The predicted octanol–water partition coefficient (Wildman–Crippen LogP) is 2.92. The Kier molecular flexibility index (Phi) is 4.87. The maximum absolute atomic E-state index is 11.8. The first-order chi connectivity index (χ1) is 10.1. The molecule has 0 aliphatic heterocycles. The second kappa shape index (κ2) is 6.83. The summed E-state index contributed by atoms with van der Waals surface area (Å²) in [7, 11) is 0. The molecule has 0 bridgehead atoms. The summed E-state index contributed by atoms with van der Waals surface area (Å²) in [4.78, 5) is 20.1. The van der Waals surface area contributed by atoms with Crippen LogP contribution < -0.4 is 10.6 Å². The van der Waals surface area contributed by atoms with Gasteiger partial charge in [0.25, 0.3) is 5.91 Å². The number of rotatable bonds is 5. The van der Waals surface area contributed by atoms with Gasteiger partial charge >= 0.3 is 0 Å². The number of aryl methyl sites for hydroxylation is 1. The third-order valence-corrected chi connectivity index (χ3v) is 2.94. The van der Waals surface area contributed by atoms with Gasteiger partial charge in [-0.15, -0.1) is 0 Å². The van der Waals surface area contributed by atoms with Crippen LogP contribution in [0.1, 0.15) is 36.8 Å². The zero-order valence-electron chi connectivity index (χ0n) is 12.6. The van der Waals surface area contributed by atoms with E-state index in [1.165, 1.54) is 11.8 Å². The lowest BCUT2D eigenvalue weighted by Crippen LogP contribution is -2.30. The molecule has 5 heteroatoms. The van der Waals surface area contributed by atoms with Crippen molar-refractivity contribution in [2.75, 3.05) is 5.32 Å². The number of aromatic nitrogens is 2. The first-order valence-electron chi connectivity index (χ1n) is 7.07. The average molecular weight is 284 g/mol. The molecule has 1 amide bonds. The Balaban J connectivity index is 2.03. The van der Waals surface area contributed by atoms with Crippen LogP contribution in [0, 0.1) is 0 Å². The summed E-state index contributed by atoms with van der Waals surface area (Å²) in [5.74, 6) is 0.400. The number of anilines is 2. The minimum atomic E-state index is -0.212. The van der Waals surface area contributed by atoms with Crippen LogP contribution >= 0.6 is 0 Å². The Morgan fingerprint density at radius 1 is 1.14 bits per heavy atom. The van der Waals surface area contributed by atoms with Crippen molar-refractivity contribution in [3.8, 4) is 0 Å². The lowest BCUT2D eigenvalue weighted by molar-refractivity contribution is 0.0937. The number of nitrogens with zero attached hydrogens (tertiary/aromatic N) is 2. The molecule has 2 rings (SSSR count). The third-order valence-electron chi connectivity index (χ3n) is 2.94. The summed E-state index contributed by atoms with van der Waals surface area (Å²) in [6.45, 7) is 5.93. The Bertz CT molecular complexity index is 591. The highest BCUT2D eigenvalue weighted by molar-refractivity contribution is 5.92.